The molecule has 0 N–H and O–H groups in total. The van der Waals surface area contributed by atoms with Crippen LogP contribution in [-0.4, -0.2) is 9.78 Å². The van der Waals surface area contributed by atoms with Gasteiger partial charge in [0.05, 0.1) is 17.3 Å². The lowest BCUT2D eigenvalue weighted by Crippen LogP contribution is -2.06. The Morgan fingerprint density at radius 3 is 2.14 bits per heavy atom. The quantitative estimate of drug-likeness (QED) is 0.335. The van der Waals surface area contributed by atoms with Gasteiger partial charge in [0.1, 0.15) is 11.5 Å². The summed E-state index contributed by atoms with van der Waals surface area (Å²) in [6.45, 7) is 4.22. The molecule has 1 aromatic heterocycles. The van der Waals surface area contributed by atoms with Crippen LogP contribution in [0.4, 0.5) is 4.39 Å². The van der Waals surface area contributed by atoms with Gasteiger partial charge in [-0.3, -0.25) is 4.68 Å². The van der Waals surface area contributed by atoms with Crippen molar-refractivity contribution in [3.63, 3.8) is 0 Å². The molecule has 5 heteroatoms. The highest BCUT2D eigenvalue weighted by Gasteiger charge is 2.21. The Hall–Kier alpha value is -2.62. The molecule has 0 unspecified atom stereocenters. The van der Waals surface area contributed by atoms with Crippen molar-refractivity contribution in [1.29, 1.82) is 0 Å². The van der Waals surface area contributed by atoms with Gasteiger partial charge in [0.15, 0.2) is 0 Å². The SMILES string of the molecule is Cc1cccc(-c2nn(Cc3c(F)cccc3Cl)c(-c3cccc(C)c3)c2Cl)c1. The summed E-state index contributed by atoms with van der Waals surface area (Å²) in [4.78, 5) is 0. The van der Waals surface area contributed by atoms with Crippen LogP contribution in [0, 0.1) is 19.7 Å². The van der Waals surface area contributed by atoms with Crippen molar-refractivity contribution < 1.29 is 4.39 Å². The van der Waals surface area contributed by atoms with E-state index in [4.69, 9.17) is 28.3 Å². The third kappa shape index (κ3) is 3.93. The Balaban J connectivity index is 1.92. The number of hydrogen-bond acceptors (Lipinski definition) is 1. The van der Waals surface area contributed by atoms with E-state index in [-0.39, 0.29) is 12.4 Å². The van der Waals surface area contributed by atoms with Gasteiger partial charge in [-0.25, -0.2) is 4.39 Å². The summed E-state index contributed by atoms with van der Waals surface area (Å²) in [7, 11) is 0. The lowest BCUT2D eigenvalue weighted by molar-refractivity contribution is 0.587. The summed E-state index contributed by atoms with van der Waals surface area (Å²) in [5, 5.41) is 5.66. The summed E-state index contributed by atoms with van der Waals surface area (Å²) in [5.74, 6) is -0.364. The zero-order chi connectivity index (χ0) is 20.5. The standard InChI is InChI=1S/C24H19Cl2FN2/c1-15-6-3-8-17(12-15)23-22(26)24(18-9-4-7-16(2)13-18)29(28-23)14-19-20(25)10-5-11-21(19)27/h3-13H,14H2,1-2H3. The van der Waals surface area contributed by atoms with Gasteiger partial charge in [-0.15, -0.1) is 0 Å². The number of aromatic nitrogens is 2. The Kier molecular flexibility index (Phi) is 5.44. The largest absolute Gasteiger partial charge is 0.258 e. The summed E-state index contributed by atoms with van der Waals surface area (Å²) in [5.41, 5.74) is 5.86. The number of nitrogens with zero attached hydrogens (tertiary/aromatic N) is 2. The minimum absolute atomic E-state index is 0.181. The summed E-state index contributed by atoms with van der Waals surface area (Å²) in [6.07, 6.45) is 0. The highest BCUT2D eigenvalue weighted by molar-refractivity contribution is 6.35. The first kappa shape index (κ1) is 19.7. The topological polar surface area (TPSA) is 17.8 Å². The van der Waals surface area contributed by atoms with Crippen molar-refractivity contribution in [1.82, 2.24) is 9.78 Å². The van der Waals surface area contributed by atoms with Gasteiger partial charge < -0.3 is 0 Å². The first-order valence-electron chi connectivity index (χ1n) is 9.27. The summed E-state index contributed by atoms with van der Waals surface area (Å²) >= 11 is 13.1. The van der Waals surface area contributed by atoms with Crippen molar-refractivity contribution in [3.8, 4) is 22.5 Å². The Morgan fingerprint density at radius 2 is 1.48 bits per heavy atom. The van der Waals surface area contributed by atoms with E-state index in [1.165, 1.54) is 6.07 Å². The van der Waals surface area contributed by atoms with Gasteiger partial charge in [0.25, 0.3) is 0 Å². The highest BCUT2D eigenvalue weighted by Crippen LogP contribution is 2.37. The zero-order valence-electron chi connectivity index (χ0n) is 16.1. The molecule has 0 fully saturated rings. The van der Waals surface area contributed by atoms with Gasteiger partial charge >= 0.3 is 0 Å². The van der Waals surface area contributed by atoms with Crippen LogP contribution in [0.3, 0.4) is 0 Å². The Bertz CT molecular complexity index is 1180. The predicted octanol–water partition coefficient (Wildman–Crippen LogP) is 7.33. The fourth-order valence-corrected chi connectivity index (χ4v) is 4.01. The lowest BCUT2D eigenvalue weighted by Gasteiger charge is -2.11. The Morgan fingerprint density at radius 1 is 0.862 bits per heavy atom. The molecule has 0 radical (unpaired) electrons. The fourth-order valence-electron chi connectivity index (χ4n) is 3.43. The molecule has 0 aliphatic rings. The van der Waals surface area contributed by atoms with Gasteiger partial charge in [-0.2, -0.15) is 5.10 Å². The van der Waals surface area contributed by atoms with Gasteiger partial charge in [0, 0.05) is 21.7 Å². The second-order valence-corrected chi connectivity index (χ2v) is 7.89. The van der Waals surface area contributed by atoms with Gasteiger partial charge in [-0.05, 0) is 38.1 Å². The van der Waals surface area contributed by atoms with Gasteiger partial charge in [0.2, 0.25) is 0 Å². The molecule has 0 saturated heterocycles. The van der Waals surface area contributed by atoms with Crippen molar-refractivity contribution in [3.05, 3.63) is 99.3 Å². The lowest BCUT2D eigenvalue weighted by atomic mass is 10.1. The van der Waals surface area contributed by atoms with Crippen LogP contribution in [-0.2, 0) is 6.54 Å². The fraction of sp³-hybridized carbons (Fsp3) is 0.125. The van der Waals surface area contributed by atoms with E-state index in [0.29, 0.717) is 21.3 Å². The number of benzene rings is 3. The van der Waals surface area contributed by atoms with Crippen molar-refractivity contribution >= 4 is 23.2 Å². The molecular weight excluding hydrogens is 406 g/mol. The first-order chi connectivity index (χ1) is 13.9. The minimum atomic E-state index is -0.364. The molecule has 2 nitrogen and oxygen atoms in total. The van der Waals surface area contributed by atoms with Crippen LogP contribution in [0.25, 0.3) is 22.5 Å². The molecule has 0 aliphatic carbocycles. The molecule has 3 aromatic carbocycles. The molecule has 0 saturated carbocycles. The number of aryl methyl sites for hydroxylation is 2. The molecule has 4 rings (SSSR count). The molecular formula is C24H19Cl2FN2. The third-order valence-electron chi connectivity index (χ3n) is 4.85. The van der Waals surface area contributed by atoms with E-state index in [0.717, 1.165) is 27.9 Å². The molecule has 0 amide bonds. The zero-order valence-corrected chi connectivity index (χ0v) is 17.6. The van der Waals surface area contributed by atoms with Crippen LogP contribution in [0.15, 0.2) is 66.7 Å². The van der Waals surface area contributed by atoms with Crippen LogP contribution >= 0.6 is 23.2 Å². The number of hydrogen-bond donors (Lipinski definition) is 0. The molecule has 0 spiro atoms. The summed E-state index contributed by atoms with van der Waals surface area (Å²) in [6, 6.07) is 20.7. The van der Waals surface area contributed by atoms with Gasteiger partial charge in [-0.1, -0.05) is 76.8 Å². The molecule has 0 aliphatic heterocycles. The van der Waals surface area contributed by atoms with E-state index in [9.17, 15) is 4.39 Å². The molecule has 4 aromatic rings. The molecule has 0 atom stereocenters. The van der Waals surface area contributed by atoms with Crippen molar-refractivity contribution in [2.24, 2.45) is 0 Å². The van der Waals surface area contributed by atoms with Crippen molar-refractivity contribution in [2.45, 2.75) is 20.4 Å². The number of rotatable bonds is 4. The van der Waals surface area contributed by atoms with Crippen LogP contribution < -0.4 is 0 Å². The van der Waals surface area contributed by atoms with Crippen LogP contribution in [0.2, 0.25) is 10.0 Å². The normalized spacial score (nSPS) is 11.1. The average molecular weight is 425 g/mol. The van der Waals surface area contributed by atoms with E-state index in [2.05, 4.69) is 0 Å². The second-order valence-electron chi connectivity index (χ2n) is 7.11. The predicted molar refractivity (Wildman–Crippen MR) is 118 cm³/mol. The smallest absolute Gasteiger partial charge is 0.129 e. The van der Waals surface area contributed by atoms with E-state index >= 15 is 0 Å². The molecule has 29 heavy (non-hydrogen) atoms. The van der Waals surface area contributed by atoms with Crippen LogP contribution in [0.5, 0.6) is 0 Å². The average Bonchev–Trinajstić information content (AvgIpc) is 3.01. The Labute approximate surface area is 179 Å². The summed E-state index contributed by atoms with van der Waals surface area (Å²) < 4.78 is 16.2. The van der Waals surface area contributed by atoms with Crippen molar-refractivity contribution in [2.75, 3.05) is 0 Å². The van der Waals surface area contributed by atoms with E-state index in [1.807, 2.05) is 62.4 Å². The van der Waals surface area contributed by atoms with E-state index in [1.54, 1.807) is 16.8 Å². The number of halogens is 3. The monoisotopic (exact) mass is 424 g/mol. The maximum atomic E-state index is 14.5. The van der Waals surface area contributed by atoms with E-state index < -0.39 is 0 Å². The third-order valence-corrected chi connectivity index (χ3v) is 5.56. The molecule has 1 heterocycles. The molecule has 0 bridgehead atoms. The maximum absolute atomic E-state index is 14.5. The minimum Gasteiger partial charge on any atom is -0.258 e. The first-order valence-corrected chi connectivity index (χ1v) is 10.0. The van der Waals surface area contributed by atoms with Crippen LogP contribution in [0.1, 0.15) is 16.7 Å². The maximum Gasteiger partial charge on any atom is 0.129 e. The highest BCUT2D eigenvalue weighted by atomic mass is 35.5. The second kappa shape index (κ2) is 8.02. The molecule has 146 valence electrons.